The Bertz CT molecular complexity index is 495. The van der Waals surface area contributed by atoms with Crippen molar-refractivity contribution in [3.8, 4) is 12.3 Å². The Morgan fingerprint density at radius 3 is 2.35 bits per heavy atom. The van der Waals surface area contributed by atoms with Crippen molar-refractivity contribution in [2.45, 2.75) is 48.0 Å². The molecule has 0 aliphatic carbocycles. The Balaban J connectivity index is 0. The molecule has 1 aromatic carbocycles. The van der Waals surface area contributed by atoms with Crippen LogP contribution in [0.3, 0.4) is 0 Å². The van der Waals surface area contributed by atoms with Gasteiger partial charge in [-0.05, 0) is 42.7 Å². The molecule has 0 heterocycles. The van der Waals surface area contributed by atoms with Crippen LogP contribution >= 0.6 is 0 Å². The molecule has 1 rings (SSSR count). The standard InChI is InChI=1S/C15H14O.2C2H6/c1-4-5-7-14-8-6-9-15(13(14)3)10-12(2)11-16;2*1-2/h1,5-9H,10H2,2-3H3;2*1-2H3/b7-5-;;. The van der Waals surface area contributed by atoms with E-state index < -0.39 is 0 Å². The minimum Gasteiger partial charge on any atom is -0.234 e. The molecule has 0 spiro atoms. The van der Waals surface area contributed by atoms with E-state index in [4.69, 9.17) is 6.42 Å². The van der Waals surface area contributed by atoms with Gasteiger partial charge < -0.3 is 0 Å². The molecule has 1 heteroatoms. The molecule has 0 saturated carbocycles. The Kier molecular flexibility index (Phi) is 13.6. The van der Waals surface area contributed by atoms with Gasteiger partial charge >= 0.3 is 0 Å². The van der Waals surface area contributed by atoms with Gasteiger partial charge in [0.25, 0.3) is 0 Å². The van der Waals surface area contributed by atoms with Gasteiger partial charge in [0.2, 0.25) is 0 Å². The minimum absolute atomic E-state index is 0.646. The van der Waals surface area contributed by atoms with Gasteiger partial charge in [-0.1, -0.05) is 51.8 Å². The summed E-state index contributed by atoms with van der Waals surface area (Å²) in [7, 11) is 0. The van der Waals surface area contributed by atoms with E-state index in [1.807, 2.05) is 64.8 Å². The summed E-state index contributed by atoms with van der Waals surface area (Å²) in [5, 5.41) is 0. The highest BCUT2D eigenvalue weighted by molar-refractivity contribution is 5.59. The van der Waals surface area contributed by atoms with Crippen LogP contribution in [0.4, 0.5) is 0 Å². The lowest BCUT2D eigenvalue weighted by atomic mass is 9.97. The Morgan fingerprint density at radius 1 is 1.25 bits per heavy atom. The lowest BCUT2D eigenvalue weighted by molar-refractivity contribution is 0.566. The Hall–Kier alpha value is -2.03. The number of benzene rings is 1. The first-order valence-corrected chi connectivity index (χ1v) is 7.10. The maximum Gasteiger partial charge on any atom is 0.123 e. The molecular weight excluding hydrogens is 244 g/mol. The van der Waals surface area contributed by atoms with Gasteiger partial charge in [0.05, 0.1) is 0 Å². The molecule has 0 N–H and O–H groups in total. The normalized spacial score (nSPS) is 8.45. The number of terminal acetylenes is 1. The molecule has 20 heavy (non-hydrogen) atoms. The highest BCUT2D eigenvalue weighted by Gasteiger charge is 2.02. The van der Waals surface area contributed by atoms with Crippen molar-refractivity contribution in [1.82, 2.24) is 0 Å². The van der Waals surface area contributed by atoms with Crippen LogP contribution in [0.2, 0.25) is 0 Å². The first-order chi connectivity index (χ1) is 9.69. The molecule has 0 aliphatic rings. The van der Waals surface area contributed by atoms with Crippen LogP contribution < -0.4 is 0 Å². The second kappa shape index (κ2) is 13.4. The summed E-state index contributed by atoms with van der Waals surface area (Å²) in [4.78, 5) is 10.5. The van der Waals surface area contributed by atoms with Crippen molar-refractivity contribution in [1.29, 1.82) is 0 Å². The summed E-state index contributed by atoms with van der Waals surface area (Å²) in [5.41, 5.74) is 4.10. The van der Waals surface area contributed by atoms with Gasteiger partial charge in [0, 0.05) is 12.0 Å². The van der Waals surface area contributed by atoms with E-state index in [-0.39, 0.29) is 0 Å². The third kappa shape index (κ3) is 7.41. The minimum atomic E-state index is 0.646. The zero-order valence-electron chi connectivity index (χ0n) is 13.6. The molecule has 0 bridgehead atoms. The first-order valence-electron chi connectivity index (χ1n) is 7.10. The van der Waals surface area contributed by atoms with Crippen molar-refractivity contribution in [2.75, 3.05) is 0 Å². The van der Waals surface area contributed by atoms with Crippen LogP contribution in [0.5, 0.6) is 0 Å². The van der Waals surface area contributed by atoms with E-state index in [0.29, 0.717) is 12.0 Å². The highest BCUT2D eigenvalue weighted by Crippen LogP contribution is 2.17. The number of rotatable bonds is 3. The van der Waals surface area contributed by atoms with Crippen LogP contribution in [0.15, 0.2) is 29.8 Å². The van der Waals surface area contributed by atoms with Crippen molar-refractivity contribution in [3.63, 3.8) is 0 Å². The van der Waals surface area contributed by atoms with E-state index in [1.165, 1.54) is 0 Å². The van der Waals surface area contributed by atoms with Crippen molar-refractivity contribution >= 4 is 12.0 Å². The fraction of sp³-hybridized carbons (Fsp3) is 0.368. The zero-order chi connectivity index (χ0) is 16.0. The van der Waals surface area contributed by atoms with E-state index in [2.05, 4.69) is 5.92 Å². The van der Waals surface area contributed by atoms with Crippen LogP contribution in [0.1, 0.15) is 51.3 Å². The van der Waals surface area contributed by atoms with Crippen molar-refractivity contribution in [2.24, 2.45) is 0 Å². The average Bonchev–Trinajstić information content (AvgIpc) is 2.52. The summed E-state index contributed by atoms with van der Waals surface area (Å²) in [6.45, 7) is 11.8. The largest absolute Gasteiger partial charge is 0.234 e. The first kappa shape index (κ1) is 20.3. The maximum absolute atomic E-state index is 10.5. The molecule has 0 unspecified atom stereocenters. The number of hydrogen-bond acceptors (Lipinski definition) is 1. The topological polar surface area (TPSA) is 17.1 Å². The molecule has 0 radical (unpaired) electrons. The summed E-state index contributed by atoms with van der Waals surface area (Å²) >= 11 is 0. The fourth-order valence-electron chi connectivity index (χ4n) is 1.54. The van der Waals surface area contributed by atoms with Gasteiger partial charge in [0.15, 0.2) is 0 Å². The smallest absolute Gasteiger partial charge is 0.123 e. The fourth-order valence-corrected chi connectivity index (χ4v) is 1.54. The van der Waals surface area contributed by atoms with E-state index in [0.717, 1.165) is 16.7 Å². The van der Waals surface area contributed by atoms with Gasteiger partial charge in [-0.25, -0.2) is 4.79 Å². The predicted octanol–water partition coefficient (Wildman–Crippen LogP) is 5.01. The summed E-state index contributed by atoms with van der Waals surface area (Å²) in [6.07, 6.45) is 9.40. The quantitative estimate of drug-likeness (QED) is 0.557. The van der Waals surface area contributed by atoms with E-state index in [1.54, 1.807) is 13.0 Å². The second-order valence-electron chi connectivity index (χ2n) is 3.69. The van der Waals surface area contributed by atoms with Gasteiger partial charge in [0.1, 0.15) is 5.94 Å². The van der Waals surface area contributed by atoms with Crippen LogP contribution in [0.25, 0.3) is 6.08 Å². The molecule has 1 aromatic rings. The molecule has 0 aliphatic heterocycles. The van der Waals surface area contributed by atoms with Crippen LogP contribution in [-0.2, 0) is 11.2 Å². The second-order valence-corrected chi connectivity index (χ2v) is 3.69. The molecule has 1 nitrogen and oxygen atoms in total. The lowest BCUT2D eigenvalue weighted by Crippen LogP contribution is -1.93. The van der Waals surface area contributed by atoms with E-state index in [9.17, 15) is 4.79 Å². The molecule has 0 atom stereocenters. The van der Waals surface area contributed by atoms with Crippen LogP contribution in [0, 0.1) is 19.3 Å². The molecule has 108 valence electrons. The Morgan fingerprint density at radius 2 is 1.85 bits per heavy atom. The van der Waals surface area contributed by atoms with Crippen molar-refractivity contribution in [3.05, 3.63) is 46.5 Å². The predicted molar refractivity (Wildman–Crippen MR) is 90.3 cm³/mol. The average molecular weight is 270 g/mol. The van der Waals surface area contributed by atoms with Crippen LogP contribution in [-0.4, -0.2) is 5.94 Å². The molecular formula is C19H26O. The molecule has 0 amide bonds. The summed E-state index contributed by atoms with van der Waals surface area (Å²) in [5.74, 6) is 4.39. The number of hydrogen-bond donors (Lipinski definition) is 0. The SMILES string of the molecule is C#C/C=C\c1cccc(CC(C)=C=O)c1C.CC.CC. The monoisotopic (exact) mass is 270 g/mol. The third-order valence-electron chi connectivity index (χ3n) is 2.48. The molecule has 0 fully saturated rings. The summed E-state index contributed by atoms with van der Waals surface area (Å²) in [6, 6.07) is 5.99. The van der Waals surface area contributed by atoms with E-state index >= 15 is 0 Å². The van der Waals surface area contributed by atoms with Crippen molar-refractivity contribution < 1.29 is 4.79 Å². The zero-order valence-corrected chi connectivity index (χ0v) is 13.6. The number of carbonyl (C=O) groups excluding carboxylic acids is 1. The molecule has 0 aromatic heterocycles. The van der Waals surface area contributed by atoms with Gasteiger partial charge in [-0.15, -0.1) is 6.42 Å². The number of allylic oxidation sites excluding steroid dienone is 2. The third-order valence-corrected chi connectivity index (χ3v) is 2.48. The molecule has 0 saturated heterocycles. The van der Waals surface area contributed by atoms with Gasteiger partial charge in [-0.2, -0.15) is 0 Å². The Labute approximate surface area is 124 Å². The maximum atomic E-state index is 10.5. The summed E-state index contributed by atoms with van der Waals surface area (Å²) < 4.78 is 0. The van der Waals surface area contributed by atoms with Gasteiger partial charge in [-0.3, -0.25) is 0 Å². The lowest BCUT2D eigenvalue weighted by Gasteiger charge is -2.07. The highest BCUT2D eigenvalue weighted by atomic mass is 16.1.